The van der Waals surface area contributed by atoms with Crippen LogP contribution in [0.4, 0.5) is 11.5 Å². The third-order valence-corrected chi connectivity index (χ3v) is 4.24. The summed E-state index contributed by atoms with van der Waals surface area (Å²) in [6.07, 6.45) is 2.97. The fourth-order valence-electron chi connectivity index (χ4n) is 2.76. The topological polar surface area (TPSA) is 58.1 Å². The molecule has 0 atom stereocenters. The number of aromatic nitrogens is 2. The van der Waals surface area contributed by atoms with Crippen LogP contribution >= 0.6 is 0 Å². The summed E-state index contributed by atoms with van der Waals surface area (Å²) in [5, 5.41) is 3.39. The maximum atomic E-state index is 12.6. The first-order valence-corrected chi connectivity index (χ1v) is 8.92. The molecule has 1 N–H and O–H groups in total. The van der Waals surface area contributed by atoms with E-state index in [-0.39, 0.29) is 5.91 Å². The van der Waals surface area contributed by atoms with E-state index in [0.29, 0.717) is 17.3 Å². The van der Waals surface area contributed by atoms with Crippen molar-refractivity contribution in [3.8, 4) is 0 Å². The second kappa shape index (κ2) is 8.60. The van der Waals surface area contributed by atoms with Crippen LogP contribution in [-0.4, -0.2) is 34.4 Å². The zero-order valence-corrected chi connectivity index (χ0v) is 15.9. The lowest BCUT2D eigenvalue weighted by Gasteiger charge is -2.18. The number of hydrogen-bond donors (Lipinski definition) is 1. The molecule has 1 heterocycles. The second-order valence-corrected chi connectivity index (χ2v) is 6.35. The summed E-state index contributed by atoms with van der Waals surface area (Å²) in [6, 6.07) is 7.97. The fourth-order valence-corrected chi connectivity index (χ4v) is 2.76. The summed E-state index contributed by atoms with van der Waals surface area (Å²) < 4.78 is 0. The van der Waals surface area contributed by atoms with E-state index in [1.54, 1.807) is 11.0 Å². The van der Waals surface area contributed by atoms with E-state index in [0.717, 1.165) is 37.1 Å². The molecule has 0 radical (unpaired) electrons. The van der Waals surface area contributed by atoms with Crippen molar-refractivity contribution in [1.29, 1.82) is 0 Å². The van der Waals surface area contributed by atoms with Gasteiger partial charge in [-0.3, -0.25) is 4.79 Å². The molecule has 0 spiro atoms. The fraction of sp³-hybridized carbons (Fsp3) is 0.450. The van der Waals surface area contributed by atoms with Crippen molar-refractivity contribution in [3.63, 3.8) is 0 Å². The molecule has 2 aromatic rings. The van der Waals surface area contributed by atoms with Crippen LogP contribution in [0.15, 0.2) is 24.3 Å². The van der Waals surface area contributed by atoms with Crippen LogP contribution in [0.25, 0.3) is 0 Å². The van der Waals surface area contributed by atoms with E-state index >= 15 is 0 Å². The molecule has 0 aliphatic carbocycles. The molecule has 0 aliphatic rings. The van der Waals surface area contributed by atoms with E-state index in [1.807, 2.05) is 14.0 Å². The molecular formula is C20H28N4O. The van der Waals surface area contributed by atoms with Crippen LogP contribution < -0.4 is 5.32 Å². The molecule has 0 saturated carbocycles. The molecule has 25 heavy (non-hydrogen) atoms. The number of anilines is 2. The summed E-state index contributed by atoms with van der Waals surface area (Å²) in [5.41, 5.74) is 3.87. The first-order valence-electron chi connectivity index (χ1n) is 8.92. The van der Waals surface area contributed by atoms with Crippen molar-refractivity contribution in [2.75, 3.05) is 18.9 Å². The molecule has 0 aliphatic heterocycles. The Balaban J connectivity index is 2.29. The lowest BCUT2D eigenvalue weighted by Crippen LogP contribution is -2.28. The van der Waals surface area contributed by atoms with E-state index in [2.05, 4.69) is 54.3 Å². The Kier molecular flexibility index (Phi) is 6.51. The molecule has 0 fully saturated rings. The van der Waals surface area contributed by atoms with Gasteiger partial charge in [-0.05, 0) is 37.8 Å². The minimum atomic E-state index is -0.0671. The maximum absolute atomic E-state index is 12.6. The summed E-state index contributed by atoms with van der Waals surface area (Å²) in [5.74, 6) is 1.18. The van der Waals surface area contributed by atoms with Crippen LogP contribution in [0.5, 0.6) is 0 Å². The van der Waals surface area contributed by atoms with Gasteiger partial charge in [0.1, 0.15) is 17.3 Å². The van der Waals surface area contributed by atoms with Gasteiger partial charge in [-0.25, -0.2) is 9.97 Å². The summed E-state index contributed by atoms with van der Waals surface area (Å²) in [7, 11) is 1.82. The van der Waals surface area contributed by atoms with Crippen molar-refractivity contribution in [3.05, 3.63) is 46.9 Å². The van der Waals surface area contributed by atoms with E-state index in [1.165, 1.54) is 5.56 Å². The SMILES string of the molecule is CCCCN(C)C(=O)c1cc(Nc2c(C)cccc2CC)nc(C)n1. The minimum absolute atomic E-state index is 0.0671. The number of carbonyl (C=O) groups excluding carboxylic acids is 1. The Morgan fingerprint density at radius 1 is 1.20 bits per heavy atom. The first-order chi connectivity index (χ1) is 12.0. The number of nitrogens with zero attached hydrogens (tertiary/aromatic N) is 3. The Morgan fingerprint density at radius 3 is 2.64 bits per heavy atom. The minimum Gasteiger partial charge on any atom is -0.340 e. The molecule has 0 saturated heterocycles. The highest BCUT2D eigenvalue weighted by molar-refractivity contribution is 5.93. The number of nitrogens with one attached hydrogen (secondary N) is 1. The molecule has 5 nitrogen and oxygen atoms in total. The molecule has 1 amide bonds. The standard InChI is InChI=1S/C20H28N4O/c1-6-8-12-24(5)20(25)17-13-18(22-15(4)21-17)23-19-14(3)10-9-11-16(19)7-2/h9-11,13H,6-8,12H2,1-5H3,(H,21,22,23). The zero-order valence-electron chi connectivity index (χ0n) is 15.9. The molecule has 134 valence electrons. The van der Waals surface area contributed by atoms with Crippen LogP contribution in [0.3, 0.4) is 0 Å². The largest absolute Gasteiger partial charge is 0.340 e. The van der Waals surface area contributed by atoms with Crippen molar-refractivity contribution in [2.24, 2.45) is 0 Å². The summed E-state index contributed by atoms with van der Waals surface area (Å²) in [6.45, 7) is 8.86. The van der Waals surface area contributed by atoms with Crippen molar-refractivity contribution in [1.82, 2.24) is 14.9 Å². The quantitative estimate of drug-likeness (QED) is 0.817. The smallest absolute Gasteiger partial charge is 0.272 e. The number of carbonyl (C=O) groups is 1. The van der Waals surface area contributed by atoms with Crippen molar-refractivity contribution >= 4 is 17.4 Å². The van der Waals surface area contributed by atoms with Gasteiger partial charge in [0.15, 0.2) is 0 Å². The van der Waals surface area contributed by atoms with Gasteiger partial charge >= 0.3 is 0 Å². The highest BCUT2D eigenvalue weighted by Gasteiger charge is 2.15. The van der Waals surface area contributed by atoms with Gasteiger partial charge < -0.3 is 10.2 Å². The van der Waals surface area contributed by atoms with Crippen molar-refractivity contribution in [2.45, 2.75) is 47.0 Å². The number of benzene rings is 1. The van der Waals surface area contributed by atoms with Crippen LogP contribution in [-0.2, 0) is 6.42 Å². The molecule has 0 bridgehead atoms. The van der Waals surface area contributed by atoms with Crippen LogP contribution in [0.1, 0.15) is 54.1 Å². The number of para-hydroxylation sites is 1. The number of amides is 1. The average molecular weight is 340 g/mol. The van der Waals surface area contributed by atoms with E-state index in [9.17, 15) is 4.79 Å². The number of hydrogen-bond acceptors (Lipinski definition) is 4. The van der Waals surface area contributed by atoms with Crippen molar-refractivity contribution < 1.29 is 4.79 Å². The van der Waals surface area contributed by atoms with E-state index < -0.39 is 0 Å². The predicted octanol–water partition coefficient (Wildman–Crippen LogP) is 4.27. The molecule has 2 rings (SSSR count). The molecule has 5 heteroatoms. The first kappa shape index (κ1) is 18.9. The number of aryl methyl sites for hydroxylation is 3. The zero-order chi connectivity index (χ0) is 18.4. The highest BCUT2D eigenvalue weighted by Crippen LogP contribution is 2.25. The Morgan fingerprint density at radius 2 is 1.96 bits per heavy atom. The third-order valence-electron chi connectivity index (χ3n) is 4.24. The third kappa shape index (κ3) is 4.78. The van der Waals surface area contributed by atoms with Gasteiger partial charge in [0, 0.05) is 25.3 Å². The lowest BCUT2D eigenvalue weighted by atomic mass is 10.1. The average Bonchev–Trinajstić information content (AvgIpc) is 2.60. The monoisotopic (exact) mass is 340 g/mol. The summed E-state index contributed by atoms with van der Waals surface area (Å²) in [4.78, 5) is 23.1. The maximum Gasteiger partial charge on any atom is 0.272 e. The van der Waals surface area contributed by atoms with Gasteiger partial charge in [-0.15, -0.1) is 0 Å². The highest BCUT2D eigenvalue weighted by atomic mass is 16.2. The van der Waals surface area contributed by atoms with Crippen LogP contribution in [0.2, 0.25) is 0 Å². The Bertz CT molecular complexity index is 742. The molecule has 0 unspecified atom stereocenters. The number of rotatable bonds is 7. The normalized spacial score (nSPS) is 10.6. The summed E-state index contributed by atoms with van der Waals surface area (Å²) >= 11 is 0. The van der Waals surface area contributed by atoms with Gasteiger partial charge in [-0.1, -0.05) is 38.5 Å². The lowest BCUT2D eigenvalue weighted by molar-refractivity contribution is 0.0787. The van der Waals surface area contributed by atoms with Gasteiger partial charge in [-0.2, -0.15) is 0 Å². The van der Waals surface area contributed by atoms with Crippen LogP contribution in [0, 0.1) is 13.8 Å². The van der Waals surface area contributed by atoms with E-state index in [4.69, 9.17) is 0 Å². The van der Waals surface area contributed by atoms with Gasteiger partial charge in [0.25, 0.3) is 5.91 Å². The Labute approximate surface area is 150 Å². The second-order valence-electron chi connectivity index (χ2n) is 6.35. The van der Waals surface area contributed by atoms with Gasteiger partial charge in [0.05, 0.1) is 0 Å². The predicted molar refractivity (Wildman–Crippen MR) is 102 cm³/mol. The van der Waals surface area contributed by atoms with Gasteiger partial charge in [0.2, 0.25) is 0 Å². The number of unbranched alkanes of at least 4 members (excludes halogenated alkanes) is 1. The Hall–Kier alpha value is -2.43. The molecular weight excluding hydrogens is 312 g/mol. The molecule has 1 aromatic heterocycles. The molecule has 1 aromatic carbocycles.